The summed E-state index contributed by atoms with van der Waals surface area (Å²) < 4.78 is 11.2. The Balaban J connectivity index is 1.59. The van der Waals surface area contributed by atoms with Crippen LogP contribution >= 0.6 is 0 Å². The van der Waals surface area contributed by atoms with Gasteiger partial charge in [0.1, 0.15) is 11.4 Å². The third kappa shape index (κ3) is 8.70. The van der Waals surface area contributed by atoms with Crippen LogP contribution in [-0.4, -0.2) is 42.7 Å². The van der Waals surface area contributed by atoms with E-state index >= 15 is 0 Å². The highest BCUT2D eigenvalue weighted by Crippen LogP contribution is 2.16. The molecule has 0 unspecified atom stereocenters. The maximum atomic E-state index is 11.7. The van der Waals surface area contributed by atoms with E-state index in [4.69, 9.17) is 9.47 Å². The van der Waals surface area contributed by atoms with Gasteiger partial charge in [-0.1, -0.05) is 18.6 Å². The molecule has 0 atom stereocenters. The lowest BCUT2D eigenvalue weighted by Gasteiger charge is -2.26. The van der Waals surface area contributed by atoms with Gasteiger partial charge in [0.25, 0.3) is 0 Å². The van der Waals surface area contributed by atoms with E-state index in [2.05, 4.69) is 17.0 Å². The second-order valence-electron chi connectivity index (χ2n) is 8.19. The molecule has 1 fully saturated rings. The Morgan fingerprint density at radius 3 is 2.38 bits per heavy atom. The monoisotopic (exact) mass is 361 g/mol. The van der Waals surface area contributed by atoms with E-state index in [-0.39, 0.29) is 5.97 Å². The average molecular weight is 362 g/mol. The van der Waals surface area contributed by atoms with Crippen LogP contribution in [0.2, 0.25) is 0 Å². The van der Waals surface area contributed by atoms with Gasteiger partial charge in [-0.15, -0.1) is 0 Å². The summed E-state index contributed by atoms with van der Waals surface area (Å²) in [4.78, 5) is 14.3. The van der Waals surface area contributed by atoms with Gasteiger partial charge in [-0.05, 0) is 83.7 Å². The Kier molecular flexibility index (Phi) is 8.43. The first kappa shape index (κ1) is 20.8. The zero-order valence-corrected chi connectivity index (χ0v) is 16.8. The fourth-order valence-corrected chi connectivity index (χ4v) is 3.24. The van der Waals surface area contributed by atoms with E-state index in [1.165, 1.54) is 37.9 Å². The van der Waals surface area contributed by atoms with Crippen LogP contribution < -0.4 is 4.74 Å². The van der Waals surface area contributed by atoms with Crippen LogP contribution in [0.15, 0.2) is 24.3 Å². The van der Waals surface area contributed by atoms with Crippen molar-refractivity contribution < 1.29 is 14.3 Å². The molecule has 4 heteroatoms. The average Bonchev–Trinajstić information content (AvgIpc) is 2.59. The summed E-state index contributed by atoms with van der Waals surface area (Å²) in [5.41, 5.74) is 0.832. The molecular weight excluding hydrogens is 326 g/mol. The highest BCUT2D eigenvalue weighted by Gasteiger charge is 2.15. The van der Waals surface area contributed by atoms with E-state index in [0.29, 0.717) is 6.42 Å². The summed E-state index contributed by atoms with van der Waals surface area (Å²) >= 11 is 0. The Bertz CT molecular complexity index is 527. The highest BCUT2D eigenvalue weighted by molar-refractivity contribution is 5.69. The molecule has 2 rings (SSSR count). The van der Waals surface area contributed by atoms with Crippen LogP contribution in [0.25, 0.3) is 0 Å². The van der Waals surface area contributed by atoms with Crippen LogP contribution in [0.1, 0.15) is 64.9 Å². The molecular formula is C22H35NO3. The van der Waals surface area contributed by atoms with Crippen molar-refractivity contribution in [2.75, 3.05) is 26.2 Å². The normalized spacial score (nSPS) is 15.7. The number of benzene rings is 1. The maximum Gasteiger partial charge on any atom is 0.306 e. The van der Waals surface area contributed by atoms with Crippen molar-refractivity contribution in [3.05, 3.63) is 29.8 Å². The molecule has 1 heterocycles. The first-order valence-corrected chi connectivity index (χ1v) is 10.1. The molecule has 1 saturated heterocycles. The van der Waals surface area contributed by atoms with E-state index in [1.807, 2.05) is 32.9 Å². The summed E-state index contributed by atoms with van der Waals surface area (Å²) in [5.74, 6) is 0.811. The van der Waals surface area contributed by atoms with Crippen molar-refractivity contribution in [1.82, 2.24) is 4.90 Å². The van der Waals surface area contributed by atoms with Crippen molar-refractivity contribution >= 4 is 5.97 Å². The number of piperidine rings is 1. The number of hydrogen-bond donors (Lipinski definition) is 0. The number of nitrogens with zero attached hydrogens (tertiary/aromatic N) is 1. The summed E-state index contributed by atoms with van der Waals surface area (Å²) in [7, 11) is 0. The minimum atomic E-state index is -0.399. The van der Waals surface area contributed by atoms with Gasteiger partial charge in [-0.2, -0.15) is 0 Å². The van der Waals surface area contributed by atoms with Gasteiger partial charge in [0.05, 0.1) is 6.61 Å². The van der Waals surface area contributed by atoms with E-state index < -0.39 is 5.60 Å². The fraction of sp³-hybridized carbons (Fsp3) is 0.682. The van der Waals surface area contributed by atoms with Gasteiger partial charge >= 0.3 is 5.97 Å². The van der Waals surface area contributed by atoms with Crippen LogP contribution in [-0.2, 0) is 16.0 Å². The predicted molar refractivity (Wildman–Crippen MR) is 106 cm³/mol. The largest absolute Gasteiger partial charge is 0.494 e. The fourth-order valence-electron chi connectivity index (χ4n) is 3.24. The minimum Gasteiger partial charge on any atom is -0.494 e. The molecule has 1 aromatic carbocycles. The van der Waals surface area contributed by atoms with E-state index in [9.17, 15) is 4.79 Å². The first-order chi connectivity index (χ1) is 12.4. The summed E-state index contributed by atoms with van der Waals surface area (Å²) in [6.07, 6.45) is 7.31. The number of rotatable bonds is 9. The second kappa shape index (κ2) is 10.6. The van der Waals surface area contributed by atoms with Gasteiger partial charge in [-0.3, -0.25) is 4.79 Å². The molecule has 0 N–H and O–H groups in total. The number of hydrogen-bond acceptors (Lipinski definition) is 4. The highest BCUT2D eigenvalue weighted by atomic mass is 16.6. The van der Waals surface area contributed by atoms with Gasteiger partial charge in [0, 0.05) is 13.0 Å². The first-order valence-electron chi connectivity index (χ1n) is 10.1. The number of aryl methyl sites for hydroxylation is 1. The molecule has 26 heavy (non-hydrogen) atoms. The van der Waals surface area contributed by atoms with Gasteiger partial charge < -0.3 is 14.4 Å². The molecule has 0 saturated carbocycles. The number of esters is 1. The number of ether oxygens (including phenoxy) is 2. The van der Waals surface area contributed by atoms with E-state index in [0.717, 1.165) is 38.2 Å². The number of carbonyl (C=O) groups excluding carboxylic acids is 1. The molecule has 0 amide bonds. The smallest absolute Gasteiger partial charge is 0.306 e. The lowest BCUT2D eigenvalue weighted by atomic mass is 10.1. The third-order valence-electron chi connectivity index (χ3n) is 4.53. The zero-order valence-electron chi connectivity index (χ0n) is 16.8. The molecule has 1 aliphatic rings. The SMILES string of the molecule is CC(C)(C)OC(=O)CCCc1ccc(OCCCN2CCCCC2)cc1. The Labute approximate surface area is 158 Å². The second-order valence-corrected chi connectivity index (χ2v) is 8.19. The van der Waals surface area contributed by atoms with Gasteiger partial charge in [0.15, 0.2) is 0 Å². The molecule has 0 aromatic heterocycles. The quantitative estimate of drug-likeness (QED) is 0.476. The Morgan fingerprint density at radius 2 is 1.73 bits per heavy atom. The van der Waals surface area contributed by atoms with Gasteiger partial charge in [0.2, 0.25) is 0 Å². The third-order valence-corrected chi connectivity index (χ3v) is 4.53. The maximum absolute atomic E-state index is 11.7. The van der Waals surface area contributed by atoms with Crippen molar-refractivity contribution in [3.63, 3.8) is 0 Å². The van der Waals surface area contributed by atoms with Gasteiger partial charge in [-0.25, -0.2) is 0 Å². The number of likely N-dealkylation sites (tertiary alicyclic amines) is 1. The zero-order chi connectivity index (χ0) is 18.8. The van der Waals surface area contributed by atoms with Crippen molar-refractivity contribution in [1.29, 1.82) is 0 Å². The minimum absolute atomic E-state index is 0.119. The molecule has 1 aliphatic heterocycles. The van der Waals surface area contributed by atoms with Crippen molar-refractivity contribution in [3.8, 4) is 5.75 Å². The lowest BCUT2D eigenvalue weighted by Crippen LogP contribution is -2.31. The van der Waals surface area contributed by atoms with Crippen LogP contribution in [0.4, 0.5) is 0 Å². The summed E-state index contributed by atoms with van der Waals surface area (Å²) in [6, 6.07) is 8.25. The molecule has 1 aromatic rings. The summed E-state index contributed by atoms with van der Waals surface area (Å²) in [5, 5.41) is 0. The topological polar surface area (TPSA) is 38.8 Å². The van der Waals surface area contributed by atoms with Crippen LogP contribution in [0.3, 0.4) is 0 Å². The standard InChI is InChI=1S/C22H35NO3/c1-22(2,3)26-21(24)10-7-9-19-11-13-20(14-12-19)25-18-8-17-23-15-5-4-6-16-23/h11-14H,4-10,15-18H2,1-3H3. The lowest BCUT2D eigenvalue weighted by molar-refractivity contribution is -0.154. The molecule has 0 spiro atoms. The van der Waals surface area contributed by atoms with Crippen molar-refractivity contribution in [2.24, 2.45) is 0 Å². The molecule has 0 bridgehead atoms. The summed E-state index contributed by atoms with van der Waals surface area (Å²) in [6.45, 7) is 10.1. The molecule has 0 radical (unpaired) electrons. The predicted octanol–water partition coefficient (Wildman–Crippen LogP) is 4.61. The number of carbonyl (C=O) groups is 1. The van der Waals surface area contributed by atoms with Crippen LogP contribution in [0, 0.1) is 0 Å². The molecule has 146 valence electrons. The molecule has 0 aliphatic carbocycles. The Hall–Kier alpha value is -1.55. The Morgan fingerprint density at radius 1 is 1.04 bits per heavy atom. The van der Waals surface area contributed by atoms with Crippen molar-refractivity contribution in [2.45, 2.75) is 71.3 Å². The van der Waals surface area contributed by atoms with Crippen LogP contribution in [0.5, 0.6) is 5.75 Å². The van der Waals surface area contributed by atoms with E-state index in [1.54, 1.807) is 0 Å². The molecule has 4 nitrogen and oxygen atoms in total.